The molecule has 0 bridgehead atoms. The van der Waals surface area contributed by atoms with E-state index in [9.17, 15) is 19.2 Å². The van der Waals surface area contributed by atoms with E-state index in [1.807, 2.05) is 13.8 Å². The third-order valence-electron chi connectivity index (χ3n) is 5.23. The molecule has 0 aromatic rings. The van der Waals surface area contributed by atoms with E-state index in [0.29, 0.717) is 12.8 Å². The second-order valence-electron chi connectivity index (χ2n) is 9.15. The maximum absolute atomic E-state index is 12.7. The number of rotatable bonds is 17. The van der Waals surface area contributed by atoms with Gasteiger partial charge in [0.2, 0.25) is 17.7 Å². The molecule has 8 heteroatoms. The maximum Gasteiger partial charge on any atom is 0.328 e. The number of esters is 1. The lowest BCUT2D eigenvalue weighted by Crippen LogP contribution is -2.54. The summed E-state index contributed by atoms with van der Waals surface area (Å²) in [5, 5.41) is 7.98. The SMILES string of the molecule is CCCCCCCCCC(=O)NCC(=O)N[C@H](CC(C)C)C(=O)N[C@H](C(=O)OC)C(C)C. The Morgan fingerprint density at radius 1 is 0.812 bits per heavy atom. The van der Waals surface area contributed by atoms with Crippen LogP contribution in [0.4, 0.5) is 0 Å². The van der Waals surface area contributed by atoms with Crippen molar-refractivity contribution in [2.24, 2.45) is 11.8 Å². The summed E-state index contributed by atoms with van der Waals surface area (Å²) in [7, 11) is 1.27. The Bertz CT molecular complexity index is 578. The van der Waals surface area contributed by atoms with Gasteiger partial charge in [-0.25, -0.2) is 4.79 Å². The van der Waals surface area contributed by atoms with E-state index in [1.165, 1.54) is 32.8 Å². The summed E-state index contributed by atoms with van der Waals surface area (Å²) < 4.78 is 4.76. The molecule has 0 aromatic heterocycles. The molecule has 0 aromatic carbocycles. The molecule has 0 aliphatic carbocycles. The molecule has 0 fully saturated rings. The zero-order chi connectivity index (χ0) is 24.5. The fraction of sp³-hybridized carbons (Fsp3) is 0.833. The highest BCUT2D eigenvalue weighted by atomic mass is 16.5. The van der Waals surface area contributed by atoms with Gasteiger partial charge in [0.15, 0.2) is 0 Å². The van der Waals surface area contributed by atoms with E-state index in [-0.39, 0.29) is 24.3 Å². The van der Waals surface area contributed by atoms with Gasteiger partial charge in [-0.2, -0.15) is 0 Å². The number of ether oxygens (including phenoxy) is 1. The molecule has 0 aliphatic rings. The van der Waals surface area contributed by atoms with Crippen LogP contribution in [0, 0.1) is 11.8 Å². The monoisotopic (exact) mass is 455 g/mol. The lowest BCUT2D eigenvalue weighted by molar-refractivity contribution is -0.146. The summed E-state index contributed by atoms with van der Waals surface area (Å²) in [6.45, 7) is 9.50. The minimum Gasteiger partial charge on any atom is -0.467 e. The molecule has 32 heavy (non-hydrogen) atoms. The molecule has 0 radical (unpaired) electrons. The Balaban J connectivity index is 4.52. The summed E-state index contributed by atoms with van der Waals surface area (Å²) in [6.07, 6.45) is 8.67. The summed E-state index contributed by atoms with van der Waals surface area (Å²) >= 11 is 0. The van der Waals surface area contributed by atoms with E-state index < -0.39 is 29.9 Å². The van der Waals surface area contributed by atoms with Gasteiger partial charge < -0.3 is 20.7 Å². The molecule has 0 aliphatic heterocycles. The van der Waals surface area contributed by atoms with Crippen LogP contribution in [0.1, 0.15) is 92.4 Å². The fourth-order valence-electron chi connectivity index (χ4n) is 3.34. The lowest BCUT2D eigenvalue weighted by Gasteiger charge is -2.25. The van der Waals surface area contributed by atoms with Gasteiger partial charge in [-0.05, 0) is 24.7 Å². The Morgan fingerprint density at radius 2 is 1.41 bits per heavy atom. The zero-order valence-corrected chi connectivity index (χ0v) is 20.9. The minimum absolute atomic E-state index is 0.147. The lowest BCUT2D eigenvalue weighted by atomic mass is 10.0. The Kier molecular flexibility index (Phi) is 16.3. The van der Waals surface area contributed by atoms with E-state index in [1.54, 1.807) is 13.8 Å². The Hall–Kier alpha value is -2.12. The Morgan fingerprint density at radius 3 is 1.94 bits per heavy atom. The van der Waals surface area contributed by atoms with Gasteiger partial charge in [0.1, 0.15) is 12.1 Å². The number of methoxy groups -OCH3 is 1. The van der Waals surface area contributed by atoms with Gasteiger partial charge >= 0.3 is 5.97 Å². The smallest absolute Gasteiger partial charge is 0.328 e. The van der Waals surface area contributed by atoms with Crippen molar-refractivity contribution in [1.29, 1.82) is 0 Å². The van der Waals surface area contributed by atoms with Gasteiger partial charge in [0, 0.05) is 6.42 Å². The van der Waals surface area contributed by atoms with Crippen molar-refractivity contribution in [2.75, 3.05) is 13.7 Å². The van der Waals surface area contributed by atoms with Crippen molar-refractivity contribution in [3.8, 4) is 0 Å². The predicted octanol–water partition coefficient (Wildman–Crippen LogP) is 3.09. The Labute approximate surface area is 194 Å². The van der Waals surface area contributed by atoms with Crippen LogP contribution in [0.3, 0.4) is 0 Å². The van der Waals surface area contributed by atoms with Crippen LogP contribution in [-0.4, -0.2) is 49.4 Å². The second kappa shape index (κ2) is 17.4. The number of hydrogen-bond donors (Lipinski definition) is 3. The van der Waals surface area contributed by atoms with Crippen LogP contribution in [0.5, 0.6) is 0 Å². The molecule has 0 heterocycles. The largest absolute Gasteiger partial charge is 0.467 e. The standard InChI is InChI=1S/C24H45N3O5/c1-7-8-9-10-11-12-13-14-20(28)25-16-21(29)26-19(15-17(2)3)23(30)27-22(18(4)5)24(31)32-6/h17-19,22H,7-16H2,1-6H3,(H,25,28)(H,26,29)(H,27,30)/t19-,22+/m1/s1. The van der Waals surface area contributed by atoms with Gasteiger partial charge in [0.05, 0.1) is 13.7 Å². The van der Waals surface area contributed by atoms with Crippen LogP contribution in [0.2, 0.25) is 0 Å². The summed E-state index contributed by atoms with van der Waals surface area (Å²) in [6, 6.07) is -1.59. The average Bonchev–Trinajstić information content (AvgIpc) is 2.73. The van der Waals surface area contributed by atoms with Crippen molar-refractivity contribution >= 4 is 23.7 Å². The summed E-state index contributed by atoms with van der Waals surface area (Å²) in [5.41, 5.74) is 0. The van der Waals surface area contributed by atoms with E-state index in [0.717, 1.165) is 19.3 Å². The van der Waals surface area contributed by atoms with Gasteiger partial charge in [0.25, 0.3) is 0 Å². The molecule has 186 valence electrons. The highest BCUT2D eigenvalue weighted by Gasteiger charge is 2.29. The van der Waals surface area contributed by atoms with E-state index in [2.05, 4.69) is 22.9 Å². The molecule has 3 N–H and O–H groups in total. The molecule has 2 atom stereocenters. The zero-order valence-electron chi connectivity index (χ0n) is 20.9. The normalized spacial score (nSPS) is 12.9. The maximum atomic E-state index is 12.7. The van der Waals surface area contributed by atoms with Crippen LogP contribution in [0.15, 0.2) is 0 Å². The van der Waals surface area contributed by atoms with Crippen LogP contribution in [0.25, 0.3) is 0 Å². The van der Waals surface area contributed by atoms with Crippen LogP contribution >= 0.6 is 0 Å². The number of amides is 3. The molecule has 3 amide bonds. The number of unbranched alkanes of at least 4 members (excludes halogenated alkanes) is 6. The highest BCUT2D eigenvalue weighted by molar-refractivity contribution is 5.92. The summed E-state index contributed by atoms with van der Waals surface area (Å²) in [5.74, 6) is -1.57. The number of carbonyl (C=O) groups is 4. The molecule has 0 saturated carbocycles. The van der Waals surface area contributed by atoms with E-state index in [4.69, 9.17) is 4.74 Å². The van der Waals surface area contributed by atoms with Crippen LogP contribution in [-0.2, 0) is 23.9 Å². The minimum atomic E-state index is -0.798. The molecular formula is C24H45N3O5. The number of nitrogens with one attached hydrogen (secondary N) is 3. The number of hydrogen-bond acceptors (Lipinski definition) is 5. The highest BCUT2D eigenvalue weighted by Crippen LogP contribution is 2.09. The molecule has 0 unspecified atom stereocenters. The first-order valence-corrected chi connectivity index (χ1v) is 12.1. The quantitative estimate of drug-likeness (QED) is 0.230. The average molecular weight is 456 g/mol. The molecule has 0 spiro atoms. The van der Waals surface area contributed by atoms with Crippen molar-refractivity contribution < 1.29 is 23.9 Å². The summed E-state index contributed by atoms with van der Waals surface area (Å²) in [4.78, 5) is 49.0. The fourth-order valence-corrected chi connectivity index (χ4v) is 3.34. The van der Waals surface area contributed by atoms with Crippen molar-refractivity contribution in [2.45, 2.75) is 104 Å². The van der Waals surface area contributed by atoms with Crippen molar-refractivity contribution in [3.05, 3.63) is 0 Å². The topological polar surface area (TPSA) is 114 Å². The first-order chi connectivity index (χ1) is 15.1. The third kappa shape index (κ3) is 14.0. The molecule has 0 rings (SSSR count). The van der Waals surface area contributed by atoms with Crippen LogP contribution < -0.4 is 16.0 Å². The second-order valence-corrected chi connectivity index (χ2v) is 9.15. The molecule has 8 nitrogen and oxygen atoms in total. The van der Waals surface area contributed by atoms with E-state index >= 15 is 0 Å². The van der Waals surface area contributed by atoms with Crippen molar-refractivity contribution in [3.63, 3.8) is 0 Å². The first kappa shape index (κ1) is 29.9. The number of carbonyl (C=O) groups excluding carboxylic acids is 4. The van der Waals surface area contributed by atoms with Gasteiger partial charge in [-0.15, -0.1) is 0 Å². The van der Waals surface area contributed by atoms with Crippen molar-refractivity contribution in [1.82, 2.24) is 16.0 Å². The molecular weight excluding hydrogens is 410 g/mol. The molecule has 0 saturated heterocycles. The predicted molar refractivity (Wildman–Crippen MR) is 126 cm³/mol. The van der Waals surface area contributed by atoms with Gasteiger partial charge in [-0.3, -0.25) is 14.4 Å². The third-order valence-corrected chi connectivity index (χ3v) is 5.23. The first-order valence-electron chi connectivity index (χ1n) is 12.1. The van der Waals surface area contributed by atoms with Gasteiger partial charge in [-0.1, -0.05) is 73.1 Å².